The molecule has 1 aliphatic carbocycles. The van der Waals surface area contributed by atoms with E-state index >= 15 is 0 Å². The van der Waals surface area contributed by atoms with Gasteiger partial charge in [0.15, 0.2) is 0 Å². The molecule has 0 spiro atoms. The molecule has 6 heteroatoms. The Hall–Kier alpha value is -2.44. The summed E-state index contributed by atoms with van der Waals surface area (Å²) in [6.07, 6.45) is 5.97. The molecule has 1 aliphatic rings. The van der Waals surface area contributed by atoms with Crippen molar-refractivity contribution in [3.8, 4) is 0 Å². The molecule has 0 aliphatic heterocycles. The van der Waals surface area contributed by atoms with Crippen molar-refractivity contribution in [3.63, 3.8) is 0 Å². The summed E-state index contributed by atoms with van der Waals surface area (Å²) in [7, 11) is -3.63. The summed E-state index contributed by atoms with van der Waals surface area (Å²) in [5, 5.41) is 0. The van der Waals surface area contributed by atoms with Gasteiger partial charge >= 0.3 is 0 Å². The first-order valence-electron chi connectivity index (χ1n) is 10.0. The summed E-state index contributed by atoms with van der Waals surface area (Å²) in [6, 6.07) is 15.1. The Morgan fingerprint density at radius 2 is 1.79 bits per heavy atom. The van der Waals surface area contributed by atoms with E-state index in [1.807, 2.05) is 36.4 Å². The second-order valence-corrected chi connectivity index (χ2v) is 9.10. The van der Waals surface area contributed by atoms with Crippen LogP contribution in [0.4, 0.5) is 0 Å². The molecule has 1 N–H and O–H groups in total. The van der Waals surface area contributed by atoms with E-state index in [9.17, 15) is 13.2 Å². The first-order valence-corrected chi connectivity index (χ1v) is 11.5. The van der Waals surface area contributed by atoms with Crippen LogP contribution in [-0.4, -0.2) is 32.3 Å². The molecule has 5 nitrogen and oxygen atoms in total. The fraction of sp³-hybridized carbons (Fsp3) is 0.348. The predicted molar refractivity (Wildman–Crippen MR) is 115 cm³/mol. The molecule has 0 heterocycles. The van der Waals surface area contributed by atoms with Crippen molar-refractivity contribution in [2.75, 3.05) is 13.1 Å². The van der Waals surface area contributed by atoms with Crippen molar-refractivity contribution in [3.05, 3.63) is 77.9 Å². The fourth-order valence-corrected chi connectivity index (χ4v) is 4.71. The maximum Gasteiger partial charge on any atom is 0.240 e. The standard InChI is InChI=1S/C23H28N2O3S/c1-2-16-25(18-19-8-4-3-5-9-19)23(26)14-15-24-29(27,28)22-13-12-20-10-6-7-11-21(20)17-22/h2-5,8-9,12-13,17,24H,1,6-7,10-11,14-16,18H2. The number of nitrogens with one attached hydrogen (secondary N) is 1. The number of benzene rings is 2. The Morgan fingerprint density at radius 1 is 1.07 bits per heavy atom. The van der Waals surface area contributed by atoms with Crippen molar-refractivity contribution < 1.29 is 13.2 Å². The maximum atomic E-state index is 12.6. The monoisotopic (exact) mass is 412 g/mol. The molecule has 154 valence electrons. The Kier molecular flexibility index (Phi) is 7.23. The predicted octanol–water partition coefficient (Wildman–Crippen LogP) is 3.45. The van der Waals surface area contributed by atoms with Gasteiger partial charge in [-0.25, -0.2) is 13.1 Å². The van der Waals surface area contributed by atoms with Gasteiger partial charge in [0, 0.05) is 26.1 Å². The topological polar surface area (TPSA) is 66.5 Å². The van der Waals surface area contributed by atoms with Crippen LogP contribution in [0.2, 0.25) is 0 Å². The van der Waals surface area contributed by atoms with Gasteiger partial charge in [0.05, 0.1) is 4.90 Å². The Bertz CT molecular complexity index is 955. The highest BCUT2D eigenvalue weighted by atomic mass is 32.2. The van der Waals surface area contributed by atoms with Gasteiger partial charge in [-0.3, -0.25) is 4.79 Å². The van der Waals surface area contributed by atoms with E-state index in [0.29, 0.717) is 13.1 Å². The van der Waals surface area contributed by atoms with E-state index in [4.69, 9.17) is 0 Å². The largest absolute Gasteiger partial charge is 0.335 e. The molecule has 1 amide bonds. The third-order valence-corrected chi connectivity index (χ3v) is 6.64. The van der Waals surface area contributed by atoms with E-state index < -0.39 is 10.0 Å². The number of rotatable bonds is 9. The van der Waals surface area contributed by atoms with Gasteiger partial charge in [-0.1, -0.05) is 42.5 Å². The molecule has 0 unspecified atom stereocenters. The lowest BCUT2D eigenvalue weighted by Crippen LogP contribution is -2.34. The highest BCUT2D eigenvalue weighted by Crippen LogP contribution is 2.24. The number of nitrogens with zero attached hydrogens (tertiary/aromatic N) is 1. The third-order valence-electron chi connectivity index (χ3n) is 5.18. The molecule has 0 bridgehead atoms. The van der Waals surface area contributed by atoms with E-state index in [2.05, 4.69) is 11.3 Å². The first-order chi connectivity index (χ1) is 14.0. The molecule has 2 aromatic carbocycles. The Labute approximate surface area is 173 Å². The fourth-order valence-electron chi connectivity index (χ4n) is 3.62. The van der Waals surface area contributed by atoms with Crippen molar-refractivity contribution in [2.45, 2.75) is 43.5 Å². The SMILES string of the molecule is C=CCN(Cc1ccccc1)C(=O)CCNS(=O)(=O)c1ccc2c(c1)CCCC2. The van der Waals surface area contributed by atoms with Crippen LogP contribution in [-0.2, 0) is 34.2 Å². The van der Waals surface area contributed by atoms with Crippen LogP contribution < -0.4 is 4.72 Å². The molecule has 29 heavy (non-hydrogen) atoms. The molecule has 0 fully saturated rings. The average Bonchev–Trinajstić information content (AvgIpc) is 2.73. The number of carbonyl (C=O) groups is 1. The van der Waals surface area contributed by atoms with E-state index in [1.54, 1.807) is 23.1 Å². The summed E-state index contributed by atoms with van der Waals surface area (Å²) < 4.78 is 27.8. The first kappa shape index (κ1) is 21.3. The van der Waals surface area contributed by atoms with Crippen molar-refractivity contribution >= 4 is 15.9 Å². The van der Waals surface area contributed by atoms with Gasteiger partial charge < -0.3 is 4.90 Å². The minimum absolute atomic E-state index is 0.0701. The van der Waals surface area contributed by atoms with Gasteiger partial charge in [0.2, 0.25) is 15.9 Å². The number of carbonyl (C=O) groups excluding carboxylic acids is 1. The number of sulfonamides is 1. The number of hydrogen-bond acceptors (Lipinski definition) is 3. The van der Waals surface area contributed by atoms with Gasteiger partial charge in [-0.2, -0.15) is 0 Å². The molecule has 0 saturated carbocycles. The quantitative estimate of drug-likeness (QED) is 0.642. The summed E-state index contributed by atoms with van der Waals surface area (Å²) in [5.41, 5.74) is 3.39. The lowest BCUT2D eigenvalue weighted by Gasteiger charge is -2.21. The normalized spacial score (nSPS) is 13.5. The maximum absolute atomic E-state index is 12.6. The zero-order valence-corrected chi connectivity index (χ0v) is 17.5. The van der Waals surface area contributed by atoms with Crippen LogP contribution in [0, 0.1) is 0 Å². The summed E-state index contributed by atoms with van der Waals surface area (Å²) in [4.78, 5) is 14.5. The van der Waals surface area contributed by atoms with E-state index in [-0.39, 0.29) is 23.8 Å². The summed E-state index contributed by atoms with van der Waals surface area (Å²) in [6.45, 7) is 4.68. The van der Waals surface area contributed by atoms with Crippen LogP contribution >= 0.6 is 0 Å². The molecule has 0 aromatic heterocycles. The smallest absolute Gasteiger partial charge is 0.240 e. The molecular formula is C23H28N2O3S. The third kappa shape index (κ3) is 5.78. The highest BCUT2D eigenvalue weighted by Gasteiger charge is 2.19. The number of fused-ring (bicyclic) bond motifs is 1. The molecule has 2 aromatic rings. The van der Waals surface area contributed by atoms with Crippen LogP contribution in [0.3, 0.4) is 0 Å². The number of aryl methyl sites for hydroxylation is 2. The van der Waals surface area contributed by atoms with Crippen molar-refractivity contribution in [2.24, 2.45) is 0 Å². The summed E-state index contributed by atoms with van der Waals surface area (Å²) in [5.74, 6) is -0.109. The van der Waals surface area contributed by atoms with Gasteiger partial charge in [-0.05, 0) is 54.5 Å². The van der Waals surface area contributed by atoms with E-state index in [0.717, 1.165) is 36.8 Å². The number of amides is 1. The van der Waals surface area contributed by atoms with Crippen LogP contribution in [0.5, 0.6) is 0 Å². The lowest BCUT2D eigenvalue weighted by molar-refractivity contribution is -0.131. The lowest BCUT2D eigenvalue weighted by atomic mass is 9.92. The van der Waals surface area contributed by atoms with Crippen LogP contribution in [0.25, 0.3) is 0 Å². The molecule has 0 saturated heterocycles. The number of hydrogen-bond donors (Lipinski definition) is 1. The molecule has 0 atom stereocenters. The second-order valence-electron chi connectivity index (χ2n) is 7.33. The second kappa shape index (κ2) is 9.85. The van der Waals surface area contributed by atoms with Crippen molar-refractivity contribution in [1.82, 2.24) is 9.62 Å². The molecular weight excluding hydrogens is 384 g/mol. The Balaban J connectivity index is 1.58. The Morgan fingerprint density at radius 3 is 2.52 bits per heavy atom. The van der Waals surface area contributed by atoms with Gasteiger partial charge in [0.25, 0.3) is 0 Å². The van der Waals surface area contributed by atoms with Crippen LogP contribution in [0.1, 0.15) is 36.0 Å². The summed E-state index contributed by atoms with van der Waals surface area (Å²) >= 11 is 0. The zero-order chi connectivity index (χ0) is 20.7. The minimum Gasteiger partial charge on any atom is -0.335 e. The molecule has 0 radical (unpaired) electrons. The molecule has 3 rings (SSSR count). The average molecular weight is 413 g/mol. The van der Waals surface area contributed by atoms with E-state index in [1.165, 1.54) is 5.56 Å². The van der Waals surface area contributed by atoms with Crippen LogP contribution in [0.15, 0.2) is 66.1 Å². The highest BCUT2D eigenvalue weighted by molar-refractivity contribution is 7.89. The van der Waals surface area contributed by atoms with Crippen molar-refractivity contribution in [1.29, 1.82) is 0 Å². The van der Waals surface area contributed by atoms with Gasteiger partial charge in [-0.15, -0.1) is 6.58 Å². The van der Waals surface area contributed by atoms with Gasteiger partial charge in [0.1, 0.15) is 0 Å². The zero-order valence-electron chi connectivity index (χ0n) is 16.6. The minimum atomic E-state index is -3.63.